The van der Waals surface area contributed by atoms with Crippen LogP contribution in [0.1, 0.15) is 31.9 Å². The second-order valence-corrected chi connectivity index (χ2v) is 7.75. The summed E-state index contributed by atoms with van der Waals surface area (Å²) in [6.45, 7) is 7.78. The molecule has 0 saturated carbocycles. The van der Waals surface area contributed by atoms with Gasteiger partial charge in [-0.3, -0.25) is 4.99 Å². The van der Waals surface area contributed by atoms with Gasteiger partial charge in [0.25, 0.3) is 0 Å². The summed E-state index contributed by atoms with van der Waals surface area (Å²) in [6.07, 6.45) is 3.29. The molecule has 0 amide bonds. The lowest BCUT2D eigenvalue weighted by molar-refractivity contribution is 0.501. The smallest absolute Gasteiger partial charge is 0.191 e. The van der Waals surface area contributed by atoms with Gasteiger partial charge in [-0.2, -0.15) is 5.10 Å². The van der Waals surface area contributed by atoms with Crippen molar-refractivity contribution in [2.24, 2.45) is 4.99 Å². The van der Waals surface area contributed by atoms with Gasteiger partial charge in [-0.1, -0.05) is 48.5 Å². The number of halogens is 1. The zero-order chi connectivity index (χ0) is 20.0. The first-order valence-electron chi connectivity index (χ1n) is 9.43. The second-order valence-electron chi connectivity index (χ2n) is 7.75. The van der Waals surface area contributed by atoms with Crippen LogP contribution in [-0.4, -0.2) is 33.3 Å². The largest absolute Gasteiger partial charge is 0.352 e. The van der Waals surface area contributed by atoms with Crippen LogP contribution in [0.5, 0.6) is 0 Å². The lowest BCUT2D eigenvalue weighted by Crippen LogP contribution is -2.47. The van der Waals surface area contributed by atoms with Crippen LogP contribution in [0.4, 0.5) is 0 Å². The van der Waals surface area contributed by atoms with Gasteiger partial charge in [-0.05, 0) is 43.0 Å². The van der Waals surface area contributed by atoms with Crippen LogP contribution in [0.25, 0.3) is 11.1 Å². The van der Waals surface area contributed by atoms with Crippen molar-refractivity contribution in [2.75, 3.05) is 7.05 Å². The van der Waals surface area contributed by atoms with Crippen molar-refractivity contribution in [3.63, 3.8) is 0 Å². The van der Waals surface area contributed by atoms with E-state index in [1.807, 2.05) is 4.68 Å². The van der Waals surface area contributed by atoms with Crippen LogP contribution in [0.2, 0.25) is 0 Å². The number of aromatic nitrogens is 3. The van der Waals surface area contributed by atoms with E-state index in [1.54, 1.807) is 19.7 Å². The first kappa shape index (κ1) is 22.9. The summed E-state index contributed by atoms with van der Waals surface area (Å²) in [7, 11) is 1.79. The molecule has 2 aromatic carbocycles. The Bertz CT molecular complexity index is 911. The summed E-state index contributed by atoms with van der Waals surface area (Å²) in [5.74, 6) is 0.797. The number of guanidine groups is 1. The van der Waals surface area contributed by atoms with Crippen LogP contribution in [0, 0.1) is 0 Å². The second kappa shape index (κ2) is 10.4. The zero-order valence-corrected chi connectivity index (χ0v) is 19.7. The molecular formula is C22H29IN6. The van der Waals surface area contributed by atoms with Gasteiger partial charge in [0.2, 0.25) is 0 Å². The Balaban J connectivity index is 0.00000300. The standard InChI is InChI=1S/C22H28N6.HI/c1-22(2,3)27-21(23-4)25-13-19-7-5-6-8-20(19)18-11-9-17(10-12-18)14-28-16-24-15-26-28;/h5-12,15-16H,13-14H2,1-4H3,(H2,23,25,27);1H. The molecule has 0 radical (unpaired) electrons. The minimum atomic E-state index is -0.0404. The molecule has 1 heterocycles. The number of hydrogen-bond acceptors (Lipinski definition) is 3. The molecule has 0 aliphatic rings. The quantitative estimate of drug-likeness (QED) is 0.312. The van der Waals surface area contributed by atoms with Crippen molar-refractivity contribution >= 4 is 29.9 Å². The first-order chi connectivity index (χ1) is 13.4. The molecule has 0 aliphatic carbocycles. The predicted molar refractivity (Wildman–Crippen MR) is 130 cm³/mol. The fourth-order valence-electron chi connectivity index (χ4n) is 2.96. The van der Waals surface area contributed by atoms with Gasteiger partial charge in [0, 0.05) is 19.1 Å². The van der Waals surface area contributed by atoms with E-state index in [9.17, 15) is 0 Å². The summed E-state index contributed by atoms with van der Waals surface area (Å²) in [5, 5.41) is 11.0. The molecule has 0 bridgehead atoms. The monoisotopic (exact) mass is 504 g/mol. The molecule has 1 aromatic heterocycles. The highest BCUT2D eigenvalue weighted by Gasteiger charge is 2.12. The Morgan fingerprint density at radius 3 is 2.41 bits per heavy atom. The highest BCUT2D eigenvalue weighted by atomic mass is 127. The third kappa shape index (κ3) is 6.85. The highest BCUT2D eigenvalue weighted by Crippen LogP contribution is 2.24. The minimum absolute atomic E-state index is 0. The first-order valence-corrected chi connectivity index (χ1v) is 9.43. The van der Waals surface area contributed by atoms with Crippen molar-refractivity contribution in [1.29, 1.82) is 0 Å². The molecule has 154 valence electrons. The summed E-state index contributed by atoms with van der Waals surface area (Å²) < 4.78 is 1.82. The van der Waals surface area contributed by atoms with Crippen LogP contribution in [0.15, 0.2) is 66.2 Å². The number of aliphatic imine (C=N–C) groups is 1. The Morgan fingerprint density at radius 2 is 1.79 bits per heavy atom. The van der Waals surface area contributed by atoms with Crippen molar-refractivity contribution < 1.29 is 0 Å². The van der Waals surface area contributed by atoms with Gasteiger partial charge in [-0.25, -0.2) is 9.67 Å². The fourth-order valence-corrected chi connectivity index (χ4v) is 2.96. The average Bonchev–Trinajstić information content (AvgIpc) is 3.18. The number of rotatable bonds is 5. The van der Waals surface area contributed by atoms with Crippen LogP contribution in [-0.2, 0) is 13.1 Å². The maximum Gasteiger partial charge on any atom is 0.191 e. The molecule has 0 spiro atoms. The Morgan fingerprint density at radius 1 is 1.07 bits per heavy atom. The van der Waals surface area contributed by atoms with E-state index in [0.29, 0.717) is 6.54 Å². The molecule has 0 aliphatic heterocycles. The maximum atomic E-state index is 4.32. The fraction of sp³-hybridized carbons (Fsp3) is 0.318. The maximum absolute atomic E-state index is 4.32. The number of hydrogen-bond donors (Lipinski definition) is 2. The molecular weight excluding hydrogens is 475 g/mol. The minimum Gasteiger partial charge on any atom is -0.352 e. The van der Waals surface area contributed by atoms with Crippen molar-refractivity contribution in [3.05, 3.63) is 72.3 Å². The van der Waals surface area contributed by atoms with E-state index >= 15 is 0 Å². The number of nitrogens with zero attached hydrogens (tertiary/aromatic N) is 4. The van der Waals surface area contributed by atoms with E-state index in [4.69, 9.17) is 0 Å². The highest BCUT2D eigenvalue weighted by molar-refractivity contribution is 14.0. The normalized spacial score (nSPS) is 11.7. The Labute approximate surface area is 189 Å². The topological polar surface area (TPSA) is 67.1 Å². The van der Waals surface area contributed by atoms with E-state index in [2.05, 4.69) is 95.0 Å². The third-order valence-corrected chi connectivity index (χ3v) is 4.26. The van der Waals surface area contributed by atoms with Crippen molar-refractivity contribution in [2.45, 2.75) is 39.4 Å². The van der Waals surface area contributed by atoms with E-state index in [1.165, 1.54) is 22.3 Å². The molecule has 3 rings (SSSR count). The lowest BCUT2D eigenvalue weighted by atomic mass is 9.98. The molecule has 6 nitrogen and oxygen atoms in total. The molecule has 0 fully saturated rings. The summed E-state index contributed by atoms with van der Waals surface area (Å²) in [4.78, 5) is 8.31. The molecule has 0 atom stereocenters. The summed E-state index contributed by atoms with van der Waals surface area (Å²) in [5.41, 5.74) is 4.79. The SMILES string of the molecule is CN=C(NCc1ccccc1-c1ccc(Cn2cncn2)cc1)NC(C)(C)C.I. The van der Waals surface area contributed by atoms with E-state index < -0.39 is 0 Å². The molecule has 3 aromatic rings. The molecule has 7 heteroatoms. The van der Waals surface area contributed by atoms with E-state index in [0.717, 1.165) is 12.5 Å². The van der Waals surface area contributed by atoms with Crippen LogP contribution in [0.3, 0.4) is 0 Å². The predicted octanol–water partition coefficient (Wildman–Crippen LogP) is 4.07. The van der Waals surface area contributed by atoms with Crippen molar-refractivity contribution in [1.82, 2.24) is 25.4 Å². The average molecular weight is 504 g/mol. The summed E-state index contributed by atoms with van der Waals surface area (Å²) in [6, 6.07) is 17.0. The van der Waals surface area contributed by atoms with Gasteiger partial charge in [0.15, 0.2) is 5.96 Å². The van der Waals surface area contributed by atoms with Gasteiger partial charge in [-0.15, -0.1) is 24.0 Å². The number of benzene rings is 2. The lowest BCUT2D eigenvalue weighted by Gasteiger charge is -2.24. The van der Waals surface area contributed by atoms with Crippen LogP contribution >= 0.6 is 24.0 Å². The van der Waals surface area contributed by atoms with Gasteiger partial charge < -0.3 is 10.6 Å². The Hall–Kier alpha value is -2.42. The zero-order valence-electron chi connectivity index (χ0n) is 17.4. The molecule has 0 saturated heterocycles. The molecule has 29 heavy (non-hydrogen) atoms. The van der Waals surface area contributed by atoms with Gasteiger partial charge in [0.05, 0.1) is 6.54 Å². The van der Waals surface area contributed by atoms with Gasteiger partial charge >= 0.3 is 0 Å². The molecule has 0 unspecified atom stereocenters. The molecule has 2 N–H and O–H groups in total. The number of nitrogens with one attached hydrogen (secondary N) is 2. The van der Waals surface area contributed by atoms with Gasteiger partial charge in [0.1, 0.15) is 12.7 Å². The Kier molecular flexibility index (Phi) is 8.19. The summed E-state index contributed by atoms with van der Waals surface area (Å²) >= 11 is 0. The van der Waals surface area contributed by atoms with Crippen molar-refractivity contribution in [3.8, 4) is 11.1 Å². The third-order valence-electron chi connectivity index (χ3n) is 4.26. The van der Waals surface area contributed by atoms with Crippen LogP contribution < -0.4 is 10.6 Å². The van der Waals surface area contributed by atoms with E-state index in [-0.39, 0.29) is 29.5 Å².